The number of carbonyl (C=O) groups is 2. The Labute approximate surface area is 95.1 Å². The third-order valence-corrected chi connectivity index (χ3v) is 3.20. The fraction of sp³-hybridized carbons (Fsp3) is 0.818. The number of hydrogen-bond donors (Lipinski definition) is 2. The average molecular weight is 229 g/mol. The molecule has 92 valence electrons. The molecule has 1 aliphatic carbocycles. The van der Waals surface area contributed by atoms with Crippen LogP contribution in [-0.4, -0.2) is 46.2 Å². The van der Waals surface area contributed by atoms with Crippen molar-refractivity contribution >= 4 is 11.9 Å². The van der Waals surface area contributed by atoms with Crippen molar-refractivity contribution in [3.8, 4) is 0 Å². The molecule has 5 nitrogen and oxygen atoms in total. The minimum atomic E-state index is -0.971. The smallest absolute Gasteiger partial charge is 0.317 e. The Kier molecular flexibility index (Phi) is 4.73. The highest BCUT2D eigenvalue weighted by atomic mass is 16.4. The van der Waals surface area contributed by atoms with E-state index in [2.05, 4.69) is 0 Å². The summed E-state index contributed by atoms with van der Waals surface area (Å²) >= 11 is 0. The molecule has 0 bridgehead atoms. The van der Waals surface area contributed by atoms with Gasteiger partial charge in [-0.05, 0) is 19.3 Å². The van der Waals surface area contributed by atoms with Crippen molar-refractivity contribution in [3.05, 3.63) is 0 Å². The predicted octanol–water partition coefficient (Wildman–Crippen LogP) is 1.04. The lowest BCUT2D eigenvalue weighted by atomic mass is 9.81. The summed E-state index contributed by atoms with van der Waals surface area (Å²) in [6.07, 6.45) is 4.53. The van der Waals surface area contributed by atoms with Gasteiger partial charge >= 0.3 is 11.9 Å². The maximum absolute atomic E-state index is 10.6. The Morgan fingerprint density at radius 1 is 1.25 bits per heavy atom. The van der Waals surface area contributed by atoms with E-state index in [0.717, 1.165) is 6.42 Å². The number of rotatable bonds is 7. The molecule has 0 aromatic rings. The molecule has 0 saturated heterocycles. The van der Waals surface area contributed by atoms with Gasteiger partial charge in [-0.3, -0.25) is 14.5 Å². The van der Waals surface area contributed by atoms with Crippen LogP contribution in [0.3, 0.4) is 0 Å². The SMILES string of the molecule is CC(CC1CCC1)N(CC(=O)O)CC(=O)O. The summed E-state index contributed by atoms with van der Waals surface area (Å²) in [5, 5.41) is 17.4. The van der Waals surface area contributed by atoms with Crippen molar-refractivity contribution in [3.63, 3.8) is 0 Å². The molecule has 0 spiro atoms. The number of carboxylic acids is 2. The molecule has 16 heavy (non-hydrogen) atoms. The summed E-state index contributed by atoms with van der Waals surface area (Å²) in [7, 11) is 0. The first-order valence-electron chi connectivity index (χ1n) is 5.66. The number of aliphatic carboxylic acids is 2. The molecule has 0 aliphatic heterocycles. The molecular formula is C11H19NO4. The topological polar surface area (TPSA) is 77.8 Å². The third kappa shape index (κ3) is 4.18. The summed E-state index contributed by atoms with van der Waals surface area (Å²) in [6, 6.07) is 0.0255. The van der Waals surface area contributed by atoms with Gasteiger partial charge in [-0.1, -0.05) is 19.3 Å². The molecule has 1 fully saturated rings. The van der Waals surface area contributed by atoms with Crippen LogP contribution < -0.4 is 0 Å². The van der Waals surface area contributed by atoms with Gasteiger partial charge in [-0.2, -0.15) is 0 Å². The average Bonchev–Trinajstić information content (AvgIpc) is 2.08. The standard InChI is InChI=1S/C11H19NO4/c1-8(5-9-3-2-4-9)12(6-10(13)14)7-11(15)16/h8-9H,2-7H2,1H3,(H,13,14)(H,15,16). The lowest BCUT2D eigenvalue weighted by molar-refractivity contribution is -0.142. The fourth-order valence-electron chi connectivity index (χ4n) is 2.08. The van der Waals surface area contributed by atoms with E-state index in [1.54, 1.807) is 0 Å². The Morgan fingerprint density at radius 2 is 1.75 bits per heavy atom. The Hall–Kier alpha value is -1.10. The number of carboxylic acid groups (broad SMARTS) is 2. The van der Waals surface area contributed by atoms with Gasteiger partial charge in [0, 0.05) is 6.04 Å². The molecule has 0 amide bonds. The normalized spacial score (nSPS) is 18.1. The zero-order valence-corrected chi connectivity index (χ0v) is 9.56. The van der Waals surface area contributed by atoms with Gasteiger partial charge in [0.2, 0.25) is 0 Å². The second-order valence-electron chi connectivity index (χ2n) is 4.57. The first-order valence-corrected chi connectivity index (χ1v) is 5.66. The Morgan fingerprint density at radius 3 is 2.06 bits per heavy atom. The van der Waals surface area contributed by atoms with Crippen LogP contribution in [0.15, 0.2) is 0 Å². The summed E-state index contributed by atoms with van der Waals surface area (Å²) in [5.74, 6) is -1.29. The van der Waals surface area contributed by atoms with Crippen molar-refractivity contribution in [2.75, 3.05) is 13.1 Å². The van der Waals surface area contributed by atoms with Gasteiger partial charge in [0.25, 0.3) is 0 Å². The monoisotopic (exact) mass is 229 g/mol. The van der Waals surface area contributed by atoms with Crippen LogP contribution in [-0.2, 0) is 9.59 Å². The molecule has 1 atom stereocenters. The highest BCUT2D eigenvalue weighted by molar-refractivity contribution is 5.72. The zero-order valence-electron chi connectivity index (χ0n) is 9.56. The van der Waals surface area contributed by atoms with Gasteiger partial charge < -0.3 is 10.2 Å². The van der Waals surface area contributed by atoms with E-state index < -0.39 is 11.9 Å². The largest absolute Gasteiger partial charge is 0.480 e. The quantitative estimate of drug-likeness (QED) is 0.682. The summed E-state index contributed by atoms with van der Waals surface area (Å²) in [6.45, 7) is 1.52. The first-order chi connectivity index (χ1) is 7.49. The second kappa shape index (κ2) is 5.84. The van der Waals surface area contributed by atoms with E-state index in [9.17, 15) is 9.59 Å². The van der Waals surface area contributed by atoms with E-state index in [0.29, 0.717) is 5.92 Å². The van der Waals surface area contributed by atoms with Crippen LogP contribution >= 0.6 is 0 Å². The van der Waals surface area contributed by atoms with Gasteiger partial charge in [0.05, 0.1) is 13.1 Å². The molecule has 1 aliphatic rings. The highest BCUT2D eigenvalue weighted by Crippen LogP contribution is 2.31. The Balaban J connectivity index is 2.44. The van der Waals surface area contributed by atoms with Crippen LogP contribution in [0.1, 0.15) is 32.6 Å². The van der Waals surface area contributed by atoms with Crippen molar-refractivity contribution in [1.82, 2.24) is 4.90 Å². The molecule has 2 N–H and O–H groups in total. The fourth-order valence-corrected chi connectivity index (χ4v) is 2.08. The van der Waals surface area contributed by atoms with E-state index in [1.165, 1.54) is 24.2 Å². The van der Waals surface area contributed by atoms with Gasteiger partial charge in [-0.15, -0.1) is 0 Å². The maximum Gasteiger partial charge on any atom is 0.317 e. The minimum Gasteiger partial charge on any atom is -0.480 e. The molecule has 1 unspecified atom stereocenters. The van der Waals surface area contributed by atoms with E-state index >= 15 is 0 Å². The second-order valence-corrected chi connectivity index (χ2v) is 4.57. The van der Waals surface area contributed by atoms with Crippen molar-refractivity contribution < 1.29 is 19.8 Å². The predicted molar refractivity (Wildman–Crippen MR) is 58.3 cm³/mol. The number of nitrogens with zero attached hydrogens (tertiary/aromatic N) is 1. The molecule has 0 radical (unpaired) electrons. The van der Waals surface area contributed by atoms with E-state index in [-0.39, 0.29) is 19.1 Å². The number of hydrogen-bond acceptors (Lipinski definition) is 3. The Bertz CT molecular complexity index is 247. The van der Waals surface area contributed by atoms with Gasteiger partial charge in [0.1, 0.15) is 0 Å². The molecule has 1 rings (SSSR count). The van der Waals surface area contributed by atoms with Gasteiger partial charge in [-0.25, -0.2) is 0 Å². The van der Waals surface area contributed by atoms with Crippen LogP contribution in [0.25, 0.3) is 0 Å². The summed E-state index contributed by atoms with van der Waals surface area (Å²) in [5.41, 5.74) is 0. The van der Waals surface area contributed by atoms with Crippen molar-refractivity contribution in [2.24, 2.45) is 5.92 Å². The molecule has 1 saturated carbocycles. The van der Waals surface area contributed by atoms with E-state index in [1.807, 2.05) is 6.92 Å². The summed E-state index contributed by atoms with van der Waals surface area (Å²) < 4.78 is 0. The lowest BCUT2D eigenvalue weighted by Gasteiger charge is -2.33. The molecule has 0 aromatic heterocycles. The molecule has 0 heterocycles. The maximum atomic E-state index is 10.6. The summed E-state index contributed by atoms with van der Waals surface area (Å²) in [4.78, 5) is 22.8. The van der Waals surface area contributed by atoms with Crippen LogP contribution in [0.2, 0.25) is 0 Å². The first kappa shape index (κ1) is 13.0. The van der Waals surface area contributed by atoms with Crippen molar-refractivity contribution in [2.45, 2.75) is 38.6 Å². The van der Waals surface area contributed by atoms with Crippen molar-refractivity contribution in [1.29, 1.82) is 0 Å². The van der Waals surface area contributed by atoms with Crippen LogP contribution in [0.4, 0.5) is 0 Å². The third-order valence-electron chi connectivity index (χ3n) is 3.20. The lowest BCUT2D eigenvalue weighted by Crippen LogP contribution is -2.42. The molecular weight excluding hydrogens is 210 g/mol. The van der Waals surface area contributed by atoms with Crippen LogP contribution in [0.5, 0.6) is 0 Å². The van der Waals surface area contributed by atoms with Crippen LogP contribution in [0, 0.1) is 5.92 Å². The molecule has 5 heteroatoms. The molecule has 0 aromatic carbocycles. The zero-order chi connectivity index (χ0) is 12.1. The van der Waals surface area contributed by atoms with Gasteiger partial charge in [0.15, 0.2) is 0 Å². The highest BCUT2D eigenvalue weighted by Gasteiger charge is 2.25. The van der Waals surface area contributed by atoms with E-state index in [4.69, 9.17) is 10.2 Å². The minimum absolute atomic E-state index is 0.0255.